The maximum absolute atomic E-state index is 12.3. The highest BCUT2D eigenvalue weighted by Gasteiger charge is 2.38. The topological polar surface area (TPSA) is 55.8 Å². The van der Waals surface area contributed by atoms with Crippen LogP contribution in [-0.2, 0) is 19.1 Å². The molecule has 5 nitrogen and oxygen atoms in total. The summed E-state index contributed by atoms with van der Waals surface area (Å²) < 4.78 is 10.0. The molecule has 0 aromatic carbocycles. The Hall–Kier alpha value is -0.940. The van der Waals surface area contributed by atoms with Crippen molar-refractivity contribution in [2.24, 2.45) is 5.41 Å². The second-order valence-corrected chi connectivity index (χ2v) is 5.14. The van der Waals surface area contributed by atoms with Crippen molar-refractivity contribution >= 4 is 11.8 Å². The molecule has 0 saturated heterocycles. The van der Waals surface area contributed by atoms with Crippen molar-refractivity contribution in [2.45, 2.75) is 40.7 Å². The normalized spacial score (nSPS) is 13.4. The second kappa shape index (κ2) is 8.27. The summed E-state index contributed by atoms with van der Waals surface area (Å²) >= 11 is 0. The molecule has 0 rings (SSSR count). The van der Waals surface area contributed by atoms with Gasteiger partial charge >= 0.3 is 5.97 Å². The highest BCUT2D eigenvalue weighted by molar-refractivity contribution is 6.03. The van der Waals surface area contributed by atoms with Crippen molar-refractivity contribution < 1.29 is 19.1 Å². The Morgan fingerprint density at radius 1 is 1.26 bits per heavy atom. The van der Waals surface area contributed by atoms with Crippen LogP contribution in [0.25, 0.3) is 0 Å². The maximum atomic E-state index is 12.3. The molecule has 0 spiro atoms. The van der Waals surface area contributed by atoms with Gasteiger partial charge in [-0.2, -0.15) is 0 Å². The van der Waals surface area contributed by atoms with Crippen LogP contribution < -0.4 is 0 Å². The number of ketones is 1. The van der Waals surface area contributed by atoms with Crippen LogP contribution in [0.2, 0.25) is 0 Å². The van der Waals surface area contributed by atoms with Crippen molar-refractivity contribution in [1.29, 1.82) is 0 Å². The zero-order valence-electron chi connectivity index (χ0n) is 13.0. The number of ether oxygens (including phenoxy) is 2. The molecule has 1 atom stereocenters. The average molecular weight is 273 g/mol. The van der Waals surface area contributed by atoms with Crippen molar-refractivity contribution in [2.75, 3.05) is 33.4 Å². The minimum atomic E-state index is -1.10. The molecule has 112 valence electrons. The zero-order chi connectivity index (χ0) is 15.1. The fourth-order valence-electron chi connectivity index (χ4n) is 1.73. The van der Waals surface area contributed by atoms with Gasteiger partial charge in [0.1, 0.15) is 5.41 Å². The molecule has 0 saturated carbocycles. The van der Waals surface area contributed by atoms with E-state index in [0.29, 0.717) is 6.61 Å². The van der Waals surface area contributed by atoms with E-state index >= 15 is 0 Å². The lowest BCUT2D eigenvalue weighted by Crippen LogP contribution is -2.46. The number of carbonyl (C=O) groups is 2. The van der Waals surface area contributed by atoms with Crippen LogP contribution in [0.15, 0.2) is 0 Å². The van der Waals surface area contributed by atoms with Gasteiger partial charge in [-0.25, -0.2) is 0 Å². The van der Waals surface area contributed by atoms with Gasteiger partial charge in [-0.3, -0.25) is 14.5 Å². The van der Waals surface area contributed by atoms with E-state index in [2.05, 4.69) is 0 Å². The predicted octanol–water partition coefficient (Wildman–Crippen LogP) is 1.50. The van der Waals surface area contributed by atoms with Crippen molar-refractivity contribution in [3.05, 3.63) is 0 Å². The molecule has 0 radical (unpaired) electrons. The lowest BCUT2D eigenvalue weighted by molar-refractivity contribution is -0.158. The van der Waals surface area contributed by atoms with E-state index in [9.17, 15) is 9.59 Å². The van der Waals surface area contributed by atoms with Crippen LogP contribution in [0.5, 0.6) is 0 Å². The summed E-state index contributed by atoms with van der Waals surface area (Å²) in [6, 6.07) is 0.136. The minimum absolute atomic E-state index is 0.129. The fraction of sp³-hybridized carbons (Fsp3) is 0.857. The quantitative estimate of drug-likeness (QED) is 0.471. The Morgan fingerprint density at radius 3 is 2.26 bits per heavy atom. The van der Waals surface area contributed by atoms with E-state index in [4.69, 9.17) is 9.47 Å². The van der Waals surface area contributed by atoms with Crippen LogP contribution in [0.3, 0.4) is 0 Å². The molecule has 0 bridgehead atoms. The number of likely N-dealkylation sites (N-methyl/N-ethyl adjacent to an activating group) is 1. The van der Waals surface area contributed by atoms with Gasteiger partial charge in [0.2, 0.25) is 0 Å². The summed E-state index contributed by atoms with van der Waals surface area (Å²) in [5.74, 6) is -0.591. The van der Waals surface area contributed by atoms with E-state index in [1.54, 1.807) is 27.9 Å². The van der Waals surface area contributed by atoms with Gasteiger partial charge in [0.15, 0.2) is 5.78 Å². The molecule has 0 heterocycles. The number of hydrogen-bond acceptors (Lipinski definition) is 5. The first-order chi connectivity index (χ1) is 8.81. The van der Waals surface area contributed by atoms with Gasteiger partial charge in [-0.1, -0.05) is 6.92 Å². The molecule has 0 fully saturated rings. The Morgan fingerprint density at radius 2 is 1.84 bits per heavy atom. The standard InChI is InChI=1S/C14H27NO4/c1-7-15(11(3)10-18-6)9-12(16)14(4,5)13(17)19-8-2/h11H,7-10H2,1-6H3. The van der Waals surface area contributed by atoms with Gasteiger partial charge in [-0.05, 0) is 34.2 Å². The van der Waals surface area contributed by atoms with Crippen molar-refractivity contribution in [3.8, 4) is 0 Å². The zero-order valence-corrected chi connectivity index (χ0v) is 13.0. The van der Waals surface area contributed by atoms with Crippen LogP contribution in [0.4, 0.5) is 0 Å². The summed E-state index contributed by atoms with van der Waals surface area (Å²) in [4.78, 5) is 26.1. The van der Waals surface area contributed by atoms with Crippen LogP contribution >= 0.6 is 0 Å². The lowest BCUT2D eigenvalue weighted by Gasteiger charge is -2.30. The summed E-state index contributed by atoms with van der Waals surface area (Å²) in [5.41, 5.74) is -1.10. The molecule has 0 aliphatic carbocycles. The molecule has 0 amide bonds. The molecule has 0 aliphatic heterocycles. The highest BCUT2D eigenvalue weighted by Crippen LogP contribution is 2.20. The van der Waals surface area contributed by atoms with Crippen molar-refractivity contribution in [1.82, 2.24) is 4.90 Å². The Bertz CT molecular complexity index is 302. The predicted molar refractivity (Wildman–Crippen MR) is 74.0 cm³/mol. The van der Waals surface area contributed by atoms with E-state index in [-0.39, 0.29) is 25.0 Å². The van der Waals surface area contributed by atoms with Crippen molar-refractivity contribution in [3.63, 3.8) is 0 Å². The number of carbonyl (C=O) groups excluding carboxylic acids is 2. The molecule has 0 N–H and O–H groups in total. The molecule has 0 aromatic heterocycles. The summed E-state index contributed by atoms with van der Waals surface area (Å²) in [6.45, 7) is 10.7. The molecule has 19 heavy (non-hydrogen) atoms. The van der Waals surface area contributed by atoms with Gasteiger partial charge in [-0.15, -0.1) is 0 Å². The lowest BCUT2D eigenvalue weighted by atomic mass is 9.87. The third kappa shape index (κ3) is 5.28. The summed E-state index contributed by atoms with van der Waals surface area (Å²) in [7, 11) is 1.63. The molecule has 0 aromatic rings. The minimum Gasteiger partial charge on any atom is -0.465 e. The van der Waals surface area contributed by atoms with Crippen LogP contribution in [0, 0.1) is 5.41 Å². The number of esters is 1. The SMILES string of the molecule is CCOC(=O)C(C)(C)C(=O)CN(CC)C(C)COC. The number of methoxy groups -OCH3 is 1. The molecular formula is C14H27NO4. The van der Waals surface area contributed by atoms with Gasteiger partial charge in [0.25, 0.3) is 0 Å². The summed E-state index contributed by atoms with van der Waals surface area (Å²) in [6.07, 6.45) is 0. The monoisotopic (exact) mass is 273 g/mol. The van der Waals surface area contributed by atoms with E-state index in [0.717, 1.165) is 6.54 Å². The van der Waals surface area contributed by atoms with E-state index in [1.165, 1.54) is 0 Å². The van der Waals surface area contributed by atoms with Crippen LogP contribution in [0.1, 0.15) is 34.6 Å². The van der Waals surface area contributed by atoms with E-state index in [1.807, 2.05) is 18.7 Å². The largest absolute Gasteiger partial charge is 0.465 e. The first-order valence-corrected chi connectivity index (χ1v) is 6.74. The molecule has 1 unspecified atom stereocenters. The number of Topliss-reactive ketones (excluding diaryl/α,β-unsaturated/α-hetero) is 1. The Balaban J connectivity index is 4.68. The Kier molecular flexibility index (Phi) is 7.87. The maximum Gasteiger partial charge on any atom is 0.319 e. The molecular weight excluding hydrogens is 246 g/mol. The first-order valence-electron chi connectivity index (χ1n) is 6.74. The third-order valence-corrected chi connectivity index (χ3v) is 3.27. The average Bonchev–Trinajstić information content (AvgIpc) is 2.35. The highest BCUT2D eigenvalue weighted by atomic mass is 16.5. The number of hydrogen-bond donors (Lipinski definition) is 0. The number of rotatable bonds is 9. The van der Waals surface area contributed by atoms with Crippen LogP contribution in [-0.4, -0.2) is 56.1 Å². The summed E-state index contributed by atoms with van der Waals surface area (Å²) in [5, 5.41) is 0. The molecule has 5 heteroatoms. The smallest absolute Gasteiger partial charge is 0.319 e. The fourth-order valence-corrected chi connectivity index (χ4v) is 1.73. The Labute approximate surface area is 116 Å². The van der Waals surface area contributed by atoms with Gasteiger partial charge < -0.3 is 9.47 Å². The van der Waals surface area contributed by atoms with Gasteiger partial charge in [0, 0.05) is 13.2 Å². The second-order valence-electron chi connectivity index (χ2n) is 5.14. The van der Waals surface area contributed by atoms with E-state index < -0.39 is 11.4 Å². The third-order valence-electron chi connectivity index (χ3n) is 3.27. The molecule has 0 aliphatic rings. The van der Waals surface area contributed by atoms with Gasteiger partial charge in [0.05, 0.1) is 19.8 Å². The number of nitrogens with zero attached hydrogens (tertiary/aromatic N) is 1. The first kappa shape index (κ1) is 18.1.